The van der Waals surface area contributed by atoms with E-state index in [0.29, 0.717) is 23.9 Å². The van der Waals surface area contributed by atoms with E-state index in [0.717, 1.165) is 27.7 Å². The number of ether oxygens (including phenoxy) is 1. The summed E-state index contributed by atoms with van der Waals surface area (Å²) in [6, 6.07) is 3.59. The van der Waals surface area contributed by atoms with Crippen molar-refractivity contribution in [3.05, 3.63) is 40.3 Å². The summed E-state index contributed by atoms with van der Waals surface area (Å²) in [6.45, 7) is 11.0. The summed E-state index contributed by atoms with van der Waals surface area (Å²) in [5, 5.41) is 1.50. The smallest absolute Gasteiger partial charge is 0.410 e. The molecule has 0 aliphatic carbocycles. The van der Waals surface area contributed by atoms with Gasteiger partial charge in [-0.2, -0.15) is 0 Å². The molecule has 3 aromatic rings. The summed E-state index contributed by atoms with van der Waals surface area (Å²) < 4.78 is 8.42. The Kier molecular flexibility index (Phi) is 6.55. The molecule has 1 amide bonds. The average molecular weight is 536 g/mol. The lowest BCUT2D eigenvalue weighted by Gasteiger charge is -2.45. The number of anilines is 1. The largest absolute Gasteiger partial charge is 0.444 e. The zero-order valence-corrected chi connectivity index (χ0v) is 21.8. The Labute approximate surface area is 207 Å². The van der Waals surface area contributed by atoms with Crippen LogP contribution < -0.4 is 4.90 Å². The molecule has 4 heterocycles. The van der Waals surface area contributed by atoms with Crippen LogP contribution in [0.2, 0.25) is 5.02 Å². The van der Waals surface area contributed by atoms with E-state index >= 15 is 0 Å². The molecule has 0 bridgehead atoms. The number of piperazine rings is 1. The molecule has 0 unspecified atom stereocenters. The Hall–Kier alpha value is -2.39. The van der Waals surface area contributed by atoms with Gasteiger partial charge < -0.3 is 14.5 Å². The molecular formula is C23H28BrClN6O2. The van der Waals surface area contributed by atoms with E-state index in [2.05, 4.69) is 42.7 Å². The van der Waals surface area contributed by atoms with E-state index in [4.69, 9.17) is 16.3 Å². The molecule has 0 radical (unpaired) electrons. The van der Waals surface area contributed by atoms with Gasteiger partial charge in [-0.3, -0.25) is 4.57 Å². The van der Waals surface area contributed by atoms with Gasteiger partial charge in [-0.15, -0.1) is 0 Å². The van der Waals surface area contributed by atoms with Gasteiger partial charge in [0.25, 0.3) is 0 Å². The number of carbonyl (C=O) groups excluding carboxylic acids is 1. The van der Waals surface area contributed by atoms with E-state index in [1.165, 1.54) is 0 Å². The summed E-state index contributed by atoms with van der Waals surface area (Å²) >= 11 is 9.89. The molecule has 0 saturated carbocycles. The third kappa shape index (κ3) is 4.80. The summed E-state index contributed by atoms with van der Waals surface area (Å²) in [7, 11) is 0. The van der Waals surface area contributed by atoms with Crippen LogP contribution in [0.15, 0.2) is 35.3 Å². The first-order valence-electron chi connectivity index (χ1n) is 11.0. The van der Waals surface area contributed by atoms with Crippen LogP contribution in [0.1, 0.15) is 41.0 Å². The minimum Gasteiger partial charge on any atom is -0.444 e. The Morgan fingerprint density at radius 2 is 2.03 bits per heavy atom. The number of nitrogens with zero attached hydrogens (tertiary/aromatic N) is 6. The van der Waals surface area contributed by atoms with Crippen molar-refractivity contribution in [2.45, 2.75) is 58.7 Å². The average Bonchev–Trinajstić information content (AvgIpc) is 3.09. The van der Waals surface area contributed by atoms with Crippen molar-refractivity contribution in [1.82, 2.24) is 24.4 Å². The Balaban J connectivity index is 1.71. The van der Waals surface area contributed by atoms with Crippen LogP contribution in [-0.2, 0) is 4.74 Å². The first-order valence-corrected chi connectivity index (χ1v) is 12.2. The number of pyridine rings is 1. The van der Waals surface area contributed by atoms with E-state index in [-0.39, 0.29) is 18.2 Å². The van der Waals surface area contributed by atoms with Crippen LogP contribution in [-0.4, -0.2) is 61.3 Å². The highest BCUT2D eigenvalue weighted by Gasteiger charge is 2.37. The standard InChI is InChI=1S/C23H28BrClN6O2/c1-6-16-11-29(22(32)33-23(3,4)5)14(2)10-30(16)20-19-17(24)12-31(21(19)28-13-27-20)18-9-15(25)7-8-26-18/h7-9,12-14,16H,6,10-11H2,1-5H3/t14-,16+/m1/s1. The Morgan fingerprint density at radius 1 is 1.27 bits per heavy atom. The molecule has 8 nitrogen and oxygen atoms in total. The number of hydrogen-bond acceptors (Lipinski definition) is 6. The minimum absolute atomic E-state index is 0.0388. The van der Waals surface area contributed by atoms with E-state index in [1.807, 2.05) is 43.4 Å². The number of carbonyl (C=O) groups is 1. The maximum absolute atomic E-state index is 12.8. The topological polar surface area (TPSA) is 76.4 Å². The van der Waals surface area contributed by atoms with Crippen LogP contribution in [0.25, 0.3) is 16.9 Å². The number of amides is 1. The number of rotatable bonds is 3. The lowest BCUT2D eigenvalue weighted by Crippen LogP contribution is -2.59. The Morgan fingerprint density at radius 3 is 2.70 bits per heavy atom. The lowest BCUT2D eigenvalue weighted by molar-refractivity contribution is 0.0123. The number of halogens is 2. The van der Waals surface area contributed by atoms with Gasteiger partial charge in [-0.1, -0.05) is 18.5 Å². The maximum Gasteiger partial charge on any atom is 0.410 e. The van der Waals surface area contributed by atoms with Gasteiger partial charge >= 0.3 is 6.09 Å². The molecule has 0 N–H and O–H groups in total. The van der Waals surface area contributed by atoms with Crippen LogP contribution in [0, 0.1) is 0 Å². The highest BCUT2D eigenvalue weighted by molar-refractivity contribution is 9.10. The van der Waals surface area contributed by atoms with Crippen molar-refractivity contribution in [2.24, 2.45) is 0 Å². The molecule has 176 valence electrons. The van der Waals surface area contributed by atoms with Gasteiger partial charge in [0, 0.05) is 53.1 Å². The Bertz CT molecular complexity index is 1180. The van der Waals surface area contributed by atoms with Gasteiger partial charge in [0.15, 0.2) is 5.65 Å². The SMILES string of the molecule is CC[C@H]1CN(C(=O)OC(C)(C)C)[C@H](C)CN1c1ncnc2c1c(Br)cn2-c1cc(Cl)ccn1. The molecule has 0 aromatic carbocycles. The number of fused-ring (bicyclic) bond motifs is 1. The molecule has 0 spiro atoms. The molecule has 1 saturated heterocycles. The number of hydrogen-bond donors (Lipinski definition) is 0. The van der Waals surface area contributed by atoms with Crippen LogP contribution >= 0.6 is 27.5 Å². The molecule has 1 aliphatic heterocycles. The fourth-order valence-corrected chi connectivity index (χ4v) is 4.86. The number of aromatic nitrogens is 4. The van der Waals surface area contributed by atoms with E-state index < -0.39 is 5.60 Å². The second-order valence-electron chi connectivity index (χ2n) is 9.27. The van der Waals surface area contributed by atoms with Gasteiger partial charge in [0.1, 0.15) is 23.6 Å². The van der Waals surface area contributed by atoms with E-state index in [9.17, 15) is 4.79 Å². The molecular weight excluding hydrogens is 508 g/mol. The molecule has 3 aromatic heterocycles. The fraction of sp³-hybridized carbons (Fsp3) is 0.478. The second-order valence-corrected chi connectivity index (χ2v) is 10.6. The molecule has 10 heteroatoms. The van der Waals surface area contributed by atoms with Crippen molar-refractivity contribution < 1.29 is 9.53 Å². The normalized spacial score (nSPS) is 19.2. The molecule has 1 aliphatic rings. The zero-order valence-electron chi connectivity index (χ0n) is 19.4. The molecule has 33 heavy (non-hydrogen) atoms. The highest BCUT2D eigenvalue weighted by atomic mass is 79.9. The van der Waals surface area contributed by atoms with Crippen molar-refractivity contribution in [2.75, 3.05) is 18.0 Å². The van der Waals surface area contributed by atoms with Gasteiger partial charge in [-0.05, 0) is 56.1 Å². The van der Waals surface area contributed by atoms with Crippen molar-refractivity contribution in [1.29, 1.82) is 0 Å². The predicted octanol–water partition coefficient (Wildman–Crippen LogP) is 5.46. The molecule has 4 rings (SSSR count). The highest BCUT2D eigenvalue weighted by Crippen LogP contribution is 2.36. The molecule has 1 fully saturated rings. The summed E-state index contributed by atoms with van der Waals surface area (Å²) in [5.74, 6) is 1.51. The van der Waals surface area contributed by atoms with Gasteiger partial charge in [-0.25, -0.2) is 19.7 Å². The summed E-state index contributed by atoms with van der Waals surface area (Å²) in [5.41, 5.74) is 0.204. The van der Waals surface area contributed by atoms with Crippen molar-refractivity contribution in [3.63, 3.8) is 0 Å². The third-order valence-corrected chi connectivity index (χ3v) is 6.52. The van der Waals surface area contributed by atoms with E-state index in [1.54, 1.807) is 24.7 Å². The zero-order chi connectivity index (χ0) is 23.9. The minimum atomic E-state index is -0.531. The van der Waals surface area contributed by atoms with Crippen molar-refractivity contribution in [3.8, 4) is 5.82 Å². The third-order valence-electron chi connectivity index (χ3n) is 5.68. The first kappa shape index (κ1) is 23.8. The first-order chi connectivity index (χ1) is 15.6. The monoisotopic (exact) mass is 534 g/mol. The maximum atomic E-state index is 12.8. The van der Waals surface area contributed by atoms with Gasteiger partial charge in [0.2, 0.25) is 0 Å². The van der Waals surface area contributed by atoms with Crippen molar-refractivity contribution >= 4 is 50.5 Å². The van der Waals surface area contributed by atoms with Crippen LogP contribution in [0.3, 0.4) is 0 Å². The molecule has 2 atom stereocenters. The summed E-state index contributed by atoms with van der Waals surface area (Å²) in [4.78, 5) is 30.6. The lowest BCUT2D eigenvalue weighted by atomic mass is 10.0. The summed E-state index contributed by atoms with van der Waals surface area (Å²) in [6.07, 6.45) is 5.75. The fourth-order valence-electron chi connectivity index (χ4n) is 4.14. The van der Waals surface area contributed by atoms with Gasteiger partial charge in [0.05, 0.1) is 5.39 Å². The quantitative estimate of drug-likeness (QED) is 0.443. The second kappa shape index (κ2) is 9.10. The van der Waals surface area contributed by atoms with Crippen LogP contribution in [0.5, 0.6) is 0 Å². The predicted molar refractivity (Wildman–Crippen MR) is 133 cm³/mol. The van der Waals surface area contributed by atoms with Crippen LogP contribution in [0.4, 0.5) is 10.6 Å².